The number of hydrogen-bond acceptors (Lipinski definition) is 3. The van der Waals surface area contributed by atoms with Crippen LogP contribution in [0.1, 0.15) is 27.0 Å². The van der Waals surface area contributed by atoms with E-state index in [1.165, 1.54) is 11.1 Å². The first kappa shape index (κ1) is 13.2. The van der Waals surface area contributed by atoms with Crippen molar-refractivity contribution in [3.05, 3.63) is 63.7 Å². The van der Waals surface area contributed by atoms with E-state index in [0.717, 1.165) is 13.1 Å². The standard InChI is InChI=1S/C16H14ClNO2/c1-20-15-5-4-13(17)7-14(15)16(19)10-2-3-11-8-18-9-12(11)6-10/h2-7,18H,8-9H2,1H3. The number of nitrogens with one attached hydrogen (secondary N) is 1. The minimum absolute atomic E-state index is 0.0703. The second-order valence-corrected chi connectivity index (χ2v) is 5.20. The predicted molar refractivity (Wildman–Crippen MR) is 78.4 cm³/mol. The van der Waals surface area contributed by atoms with E-state index in [0.29, 0.717) is 21.9 Å². The largest absolute Gasteiger partial charge is 0.496 e. The van der Waals surface area contributed by atoms with Crippen LogP contribution in [0.3, 0.4) is 0 Å². The summed E-state index contributed by atoms with van der Waals surface area (Å²) in [4.78, 5) is 12.6. The number of fused-ring (bicyclic) bond motifs is 1. The van der Waals surface area contributed by atoms with Gasteiger partial charge in [-0.05, 0) is 35.4 Å². The van der Waals surface area contributed by atoms with Gasteiger partial charge in [0, 0.05) is 23.7 Å². The van der Waals surface area contributed by atoms with Gasteiger partial charge in [-0.2, -0.15) is 0 Å². The highest BCUT2D eigenvalue weighted by atomic mass is 35.5. The van der Waals surface area contributed by atoms with Crippen LogP contribution in [0.5, 0.6) is 5.75 Å². The van der Waals surface area contributed by atoms with Crippen LogP contribution in [0.15, 0.2) is 36.4 Å². The topological polar surface area (TPSA) is 38.3 Å². The fourth-order valence-corrected chi connectivity index (χ4v) is 2.62. The van der Waals surface area contributed by atoms with Gasteiger partial charge in [0.05, 0.1) is 12.7 Å². The van der Waals surface area contributed by atoms with E-state index in [2.05, 4.69) is 5.32 Å². The number of halogens is 1. The summed E-state index contributed by atoms with van der Waals surface area (Å²) in [7, 11) is 1.55. The van der Waals surface area contributed by atoms with E-state index < -0.39 is 0 Å². The lowest BCUT2D eigenvalue weighted by molar-refractivity contribution is 0.103. The zero-order valence-electron chi connectivity index (χ0n) is 11.1. The van der Waals surface area contributed by atoms with Crippen LogP contribution in [0.4, 0.5) is 0 Å². The smallest absolute Gasteiger partial charge is 0.196 e. The zero-order chi connectivity index (χ0) is 14.1. The minimum atomic E-state index is -0.0703. The van der Waals surface area contributed by atoms with Gasteiger partial charge in [-0.3, -0.25) is 4.79 Å². The molecule has 1 aliphatic heterocycles. The van der Waals surface area contributed by atoms with Gasteiger partial charge >= 0.3 is 0 Å². The van der Waals surface area contributed by atoms with Gasteiger partial charge in [-0.1, -0.05) is 23.7 Å². The molecule has 0 saturated heterocycles. The van der Waals surface area contributed by atoms with Crippen LogP contribution in [-0.2, 0) is 13.1 Å². The maximum atomic E-state index is 12.6. The van der Waals surface area contributed by atoms with Crippen molar-refractivity contribution in [2.24, 2.45) is 0 Å². The molecule has 0 unspecified atom stereocenters. The van der Waals surface area contributed by atoms with Crippen molar-refractivity contribution in [3.63, 3.8) is 0 Å². The van der Waals surface area contributed by atoms with E-state index in [-0.39, 0.29) is 5.78 Å². The Morgan fingerprint density at radius 3 is 2.75 bits per heavy atom. The summed E-state index contributed by atoms with van der Waals surface area (Å²) in [6.45, 7) is 1.67. The number of rotatable bonds is 3. The molecule has 1 aliphatic rings. The Balaban J connectivity index is 2.02. The molecule has 2 aromatic rings. The maximum Gasteiger partial charge on any atom is 0.196 e. The van der Waals surface area contributed by atoms with Gasteiger partial charge in [-0.15, -0.1) is 0 Å². The molecule has 102 valence electrons. The van der Waals surface area contributed by atoms with Crippen LogP contribution >= 0.6 is 11.6 Å². The van der Waals surface area contributed by atoms with Crippen molar-refractivity contribution < 1.29 is 9.53 Å². The fourth-order valence-electron chi connectivity index (χ4n) is 2.45. The third-order valence-corrected chi connectivity index (χ3v) is 3.74. The van der Waals surface area contributed by atoms with Gasteiger partial charge in [0.25, 0.3) is 0 Å². The summed E-state index contributed by atoms with van der Waals surface area (Å²) in [5, 5.41) is 3.79. The SMILES string of the molecule is COc1ccc(Cl)cc1C(=O)c1ccc2c(c1)CNC2. The quantitative estimate of drug-likeness (QED) is 0.881. The highest BCUT2D eigenvalue weighted by Gasteiger charge is 2.18. The molecular weight excluding hydrogens is 274 g/mol. The summed E-state index contributed by atoms with van der Waals surface area (Å²) in [6.07, 6.45) is 0. The lowest BCUT2D eigenvalue weighted by Crippen LogP contribution is -2.05. The number of methoxy groups -OCH3 is 1. The van der Waals surface area contributed by atoms with Gasteiger partial charge < -0.3 is 10.1 Å². The van der Waals surface area contributed by atoms with Crippen molar-refractivity contribution >= 4 is 17.4 Å². The van der Waals surface area contributed by atoms with E-state index in [1.807, 2.05) is 18.2 Å². The van der Waals surface area contributed by atoms with Crippen LogP contribution < -0.4 is 10.1 Å². The molecule has 2 aromatic carbocycles. The Morgan fingerprint density at radius 1 is 1.15 bits per heavy atom. The van der Waals surface area contributed by atoms with Crippen molar-refractivity contribution in [2.75, 3.05) is 7.11 Å². The molecule has 0 atom stereocenters. The highest BCUT2D eigenvalue weighted by Crippen LogP contribution is 2.26. The van der Waals surface area contributed by atoms with Crippen LogP contribution in [-0.4, -0.2) is 12.9 Å². The second-order valence-electron chi connectivity index (χ2n) is 4.76. The minimum Gasteiger partial charge on any atom is -0.496 e. The highest BCUT2D eigenvalue weighted by molar-refractivity contribution is 6.31. The maximum absolute atomic E-state index is 12.6. The monoisotopic (exact) mass is 287 g/mol. The molecule has 0 spiro atoms. The van der Waals surface area contributed by atoms with Crippen molar-refractivity contribution in [3.8, 4) is 5.75 Å². The molecule has 0 bridgehead atoms. The molecule has 0 fully saturated rings. The third-order valence-electron chi connectivity index (χ3n) is 3.51. The van der Waals surface area contributed by atoms with Gasteiger partial charge in [0.2, 0.25) is 0 Å². The normalized spacial score (nSPS) is 13.1. The van der Waals surface area contributed by atoms with Crippen LogP contribution in [0.25, 0.3) is 0 Å². The molecule has 1 N–H and O–H groups in total. The Labute approximate surface area is 122 Å². The summed E-state index contributed by atoms with van der Waals surface area (Å²) in [5.74, 6) is 0.470. The molecule has 1 heterocycles. The molecule has 0 radical (unpaired) electrons. The molecule has 3 rings (SSSR count). The van der Waals surface area contributed by atoms with Crippen molar-refractivity contribution in [1.29, 1.82) is 0 Å². The first-order valence-corrected chi connectivity index (χ1v) is 6.77. The molecular formula is C16H14ClNO2. The number of ether oxygens (including phenoxy) is 1. The molecule has 0 aromatic heterocycles. The fraction of sp³-hybridized carbons (Fsp3) is 0.188. The molecule has 0 amide bonds. The van der Waals surface area contributed by atoms with Crippen LogP contribution in [0.2, 0.25) is 5.02 Å². The number of ketones is 1. The lowest BCUT2D eigenvalue weighted by atomic mass is 9.99. The number of benzene rings is 2. The van der Waals surface area contributed by atoms with Crippen molar-refractivity contribution in [2.45, 2.75) is 13.1 Å². The Bertz CT molecular complexity index is 682. The molecule has 20 heavy (non-hydrogen) atoms. The Morgan fingerprint density at radius 2 is 1.95 bits per heavy atom. The summed E-state index contributed by atoms with van der Waals surface area (Å²) >= 11 is 5.98. The average Bonchev–Trinajstić information content (AvgIpc) is 2.93. The van der Waals surface area contributed by atoms with Crippen molar-refractivity contribution in [1.82, 2.24) is 5.32 Å². The number of carbonyl (C=O) groups is 1. The van der Waals surface area contributed by atoms with E-state index >= 15 is 0 Å². The van der Waals surface area contributed by atoms with Crippen LogP contribution in [0, 0.1) is 0 Å². The second kappa shape index (κ2) is 5.27. The first-order valence-electron chi connectivity index (χ1n) is 6.40. The summed E-state index contributed by atoms with van der Waals surface area (Å²) in [5.41, 5.74) is 3.58. The van der Waals surface area contributed by atoms with Gasteiger partial charge in [-0.25, -0.2) is 0 Å². The van der Waals surface area contributed by atoms with Gasteiger partial charge in [0.15, 0.2) is 5.78 Å². The Hall–Kier alpha value is -1.84. The number of carbonyl (C=O) groups excluding carboxylic acids is 1. The van der Waals surface area contributed by atoms with E-state index in [1.54, 1.807) is 25.3 Å². The molecule has 0 saturated carbocycles. The zero-order valence-corrected chi connectivity index (χ0v) is 11.8. The predicted octanol–water partition coefficient (Wildman–Crippen LogP) is 3.18. The molecule has 0 aliphatic carbocycles. The first-order chi connectivity index (χ1) is 9.69. The average molecular weight is 288 g/mol. The molecule has 3 nitrogen and oxygen atoms in total. The Kier molecular flexibility index (Phi) is 3.47. The number of hydrogen-bond donors (Lipinski definition) is 1. The molecule has 4 heteroatoms. The summed E-state index contributed by atoms with van der Waals surface area (Å²) in [6, 6.07) is 10.9. The van der Waals surface area contributed by atoms with E-state index in [4.69, 9.17) is 16.3 Å². The third kappa shape index (κ3) is 2.30. The van der Waals surface area contributed by atoms with Gasteiger partial charge in [0.1, 0.15) is 5.75 Å². The lowest BCUT2D eigenvalue weighted by Gasteiger charge is -2.09. The van der Waals surface area contributed by atoms with E-state index in [9.17, 15) is 4.79 Å². The summed E-state index contributed by atoms with van der Waals surface area (Å²) < 4.78 is 5.24.